The fourth-order valence-electron chi connectivity index (χ4n) is 1.82. The second-order valence-electron chi connectivity index (χ2n) is 4.12. The summed E-state index contributed by atoms with van der Waals surface area (Å²) in [5.41, 5.74) is 3.24. The fraction of sp³-hybridized carbons (Fsp3) is 0.286. The van der Waals surface area contributed by atoms with E-state index in [4.69, 9.17) is 0 Å². The summed E-state index contributed by atoms with van der Waals surface area (Å²) in [6.45, 7) is 1.95. The number of aromatic nitrogens is 2. The highest BCUT2D eigenvalue weighted by molar-refractivity contribution is 5.21. The maximum absolute atomic E-state index is 4.20. The SMILES string of the molecule is CNC(Cc1ccc(C)nn1)c1ccccc1. The standard InChI is InChI=1S/C14H17N3/c1-11-8-9-13(17-16-11)10-14(15-2)12-6-4-3-5-7-12/h3-9,14-15H,10H2,1-2H3. The van der Waals surface area contributed by atoms with Gasteiger partial charge in [-0.2, -0.15) is 10.2 Å². The maximum Gasteiger partial charge on any atom is 0.0650 e. The first-order valence-corrected chi connectivity index (χ1v) is 5.81. The van der Waals surface area contributed by atoms with Crippen LogP contribution in [0.25, 0.3) is 0 Å². The Morgan fingerprint density at radius 3 is 2.41 bits per heavy atom. The van der Waals surface area contributed by atoms with Crippen molar-refractivity contribution >= 4 is 0 Å². The number of nitrogens with one attached hydrogen (secondary N) is 1. The molecular formula is C14H17N3. The van der Waals surface area contributed by atoms with Gasteiger partial charge in [0, 0.05) is 12.5 Å². The Balaban J connectivity index is 2.13. The highest BCUT2D eigenvalue weighted by Crippen LogP contribution is 2.16. The highest BCUT2D eigenvalue weighted by Gasteiger charge is 2.10. The summed E-state index contributed by atoms with van der Waals surface area (Å²) in [4.78, 5) is 0. The second-order valence-corrected chi connectivity index (χ2v) is 4.12. The topological polar surface area (TPSA) is 37.8 Å². The van der Waals surface area contributed by atoms with Gasteiger partial charge in [-0.3, -0.25) is 0 Å². The highest BCUT2D eigenvalue weighted by atomic mass is 15.1. The Morgan fingerprint density at radius 2 is 1.82 bits per heavy atom. The molecular weight excluding hydrogens is 210 g/mol. The molecule has 2 aromatic rings. The van der Waals surface area contributed by atoms with Gasteiger partial charge in [-0.25, -0.2) is 0 Å². The van der Waals surface area contributed by atoms with Crippen LogP contribution >= 0.6 is 0 Å². The molecule has 0 fully saturated rings. The minimum absolute atomic E-state index is 0.285. The summed E-state index contributed by atoms with van der Waals surface area (Å²) in [5.74, 6) is 0. The number of nitrogens with zero attached hydrogens (tertiary/aromatic N) is 2. The van der Waals surface area contributed by atoms with Gasteiger partial charge in [-0.1, -0.05) is 30.3 Å². The summed E-state index contributed by atoms with van der Waals surface area (Å²) >= 11 is 0. The van der Waals surface area contributed by atoms with E-state index in [1.807, 2.05) is 32.2 Å². The number of benzene rings is 1. The molecule has 0 radical (unpaired) electrons. The van der Waals surface area contributed by atoms with Gasteiger partial charge in [0.05, 0.1) is 11.4 Å². The first-order valence-electron chi connectivity index (χ1n) is 5.81. The third-order valence-electron chi connectivity index (χ3n) is 2.82. The lowest BCUT2D eigenvalue weighted by Crippen LogP contribution is -2.19. The van der Waals surface area contributed by atoms with Gasteiger partial charge in [0.1, 0.15) is 0 Å². The molecule has 1 aromatic heterocycles. The number of hydrogen-bond acceptors (Lipinski definition) is 3. The molecule has 3 nitrogen and oxygen atoms in total. The number of hydrogen-bond donors (Lipinski definition) is 1. The molecule has 3 heteroatoms. The van der Waals surface area contributed by atoms with Crippen LogP contribution in [-0.4, -0.2) is 17.2 Å². The monoisotopic (exact) mass is 227 g/mol. The molecule has 0 aliphatic carbocycles. The van der Waals surface area contributed by atoms with E-state index in [0.717, 1.165) is 17.8 Å². The van der Waals surface area contributed by atoms with E-state index in [1.54, 1.807) is 0 Å². The summed E-state index contributed by atoms with van der Waals surface area (Å²) in [6, 6.07) is 14.7. The fourth-order valence-corrected chi connectivity index (χ4v) is 1.82. The molecule has 0 aliphatic rings. The van der Waals surface area contributed by atoms with Gasteiger partial charge in [0.25, 0.3) is 0 Å². The molecule has 1 N–H and O–H groups in total. The predicted octanol–water partition coefficient (Wildman–Crippen LogP) is 2.29. The molecule has 0 bridgehead atoms. The quantitative estimate of drug-likeness (QED) is 0.870. The molecule has 1 unspecified atom stereocenters. The Bertz CT molecular complexity index is 451. The molecule has 1 aromatic carbocycles. The van der Waals surface area contributed by atoms with Crippen molar-refractivity contribution in [1.82, 2.24) is 15.5 Å². The Kier molecular flexibility index (Phi) is 3.83. The van der Waals surface area contributed by atoms with Crippen LogP contribution in [0.4, 0.5) is 0 Å². The van der Waals surface area contributed by atoms with Crippen LogP contribution in [0.1, 0.15) is 23.0 Å². The molecule has 0 saturated heterocycles. The van der Waals surface area contributed by atoms with Crippen molar-refractivity contribution in [3.05, 3.63) is 59.4 Å². The summed E-state index contributed by atoms with van der Waals surface area (Å²) in [5, 5.41) is 11.6. The minimum Gasteiger partial charge on any atom is -0.313 e. The van der Waals surface area contributed by atoms with Gasteiger partial charge in [0.15, 0.2) is 0 Å². The van der Waals surface area contributed by atoms with Crippen molar-refractivity contribution < 1.29 is 0 Å². The van der Waals surface area contributed by atoms with Crippen molar-refractivity contribution in [3.8, 4) is 0 Å². The lowest BCUT2D eigenvalue weighted by atomic mass is 10.0. The van der Waals surface area contributed by atoms with E-state index in [9.17, 15) is 0 Å². The van der Waals surface area contributed by atoms with Crippen molar-refractivity contribution in [2.75, 3.05) is 7.05 Å². The van der Waals surface area contributed by atoms with Crippen LogP contribution in [-0.2, 0) is 6.42 Å². The van der Waals surface area contributed by atoms with Crippen LogP contribution in [0.15, 0.2) is 42.5 Å². The van der Waals surface area contributed by atoms with Crippen LogP contribution in [0.2, 0.25) is 0 Å². The average Bonchev–Trinajstić information content (AvgIpc) is 2.39. The van der Waals surface area contributed by atoms with E-state index in [1.165, 1.54) is 5.56 Å². The second kappa shape index (κ2) is 5.55. The summed E-state index contributed by atoms with van der Waals surface area (Å²) in [6.07, 6.45) is 0.855. The molecule has 1 atom stereocenters. The third kappa shape index (κ3) is 3.11. The first kappa shape index (κ1) is 11.7. The Hall–Kier alpha value is -1.74. The molecule has 17 heavy (non-hydrogen) atoms. The first-order chi connectivity index (χ1) is 8.29. The molecule has 1 heterocycles. The van der Waals surface area contributed by atoms with Crippen molar-refractivity contribution in [2.24, 2.45) is 0 Å². The summed E-state index contributed by atoms with van der Waals surface area (Å²) in [7, 11) is 1.97. The number of likely N-dealkylation sites (N-methyl/N-ethyl adjacent to an activating group) is 1. The van der Waals surface area contributed by atoms with Crippen LogP contribution in [0.3, 0.4) is 0 Å². The minimum atomic E-state index is 0.285. The van der Waals surface area contributed by atoms with Crippen molar-refractivity contribution in [3.63, 3.8) is 0 Å². The zero-order valence-electron chi connectivity index (χ0n) is 10.2. The number of aryl methyl sites for hydroxylation is 1. The zero-order chi connectivity index (χ0) is 12.1. The molecule has 0 saturated carbocycles. The van der Waals surface area contributed by atoms with E-state index in [2.05, 4.69) is 39.8 Å². The van der Waals surface area contributed by atoms with Gasteiger partial charge in [-0.15, -0.1) is 0 Å². The molecule has 0 aliphatic heterocycles. The number of rotatable bonds is 4. The average molecular weight is 227 g/mol. The molecule has 88 valence electrons. The zero-order valence-corrected chi connectivity index (χ0v) is 10.2. The smallest absolute Gasteiger partial charge is 0.0650 e. The van der Waals surface area contributed by atoms with Crippen LogP contribution in [0, 0.1) is 6.92 Å². The van der Waals surface area contributed by atoms with Crippen molar-refractivity contribution in [2.45, 2.75) is 19.4 Å². The lowest BCUT2D eigenvalue weighted by Gasteiger charge is -2.15. The third-order valence-corrected chi connectivity index (χ3v) is 2.82. The normalized spacial score (nSPS) is 12.4. The van der Waals surface area contributed by atoms with Gasteiger partial charge in [0.2, 0.25) is 0 Å². The van der Waals surface area contributed by atoms with E-state index in [0.29, 0.717) is 0 Å². The van der Waals surface area contributed by atoms with Crippen LogP contribution in [0.5, 0.6) is 0 Å². The largest absolute Gasteiger partial charge is 0.313 e. The van der Waals surface area contributed by atoms with Gasteiger partial charge < -0.3 is 5.32 Å². The van der Waals surface area contributed by atoms with Crippen molar-refractivity contribution in [1.29, 1.82) is 0 Å². The van der Waals surface area contributed by atoms with Crippen LogP contribution < -0.4 is 5.32 Å². The van der Waals surface area contributed by atoms with Gasteiger partial charge >= 0.3 is 0 Å². The molecule has 0 spiro atoms. The van der Waals surface area contributed by atoms with Gasteiger partial charge in [-0.05, 0) is 31.7 Å². The summed E-state index contributed by atoms with van der Waals surface area (Å²) < 4.78 is 0. The Morgan fingerprint density at radius 1 is 1.06 bits per heavy atom. The van der Waals surface area contributed by atoms with E-state index < -0.39 is 0 Å². The molecule has 0 amide bonds. The molecule has 2 rings (SSSR count). The predicted molar refractivity (Wildman–Crippen MR) is 68.7 cm³/mol. The van der Waals surface area contributed by atoms with E-state index in [-0.39, 0.29) is 6.04 Å². The lowest BCUT2D eigenvalue weighted by molar-refractivity contribution is 0.579. The maximum atomic E-state index is 4.20. The Labute approximate surface area is 102 Å². The van der Waals surface area contributed by atoms with E-state index >= 15 is 0 Å².